The van der Waals surface area contributed by atoms with Crippen molar-refractivity contribution in [1.82, 2.24) is 9.80 Å². The Kier molecular flexibility index (Phi) is 5.39. The van der Waals surface area contributed by atoms with E-state index in [1.54, 1.807) is 0 Å². The number of rotatable bonds is 2. The summed E-state index contributed by atoms with van der Waals surface area (Å²) in [5.74, 6) is 0.145. The molecule has 2 aromatic rings. The maximum atomic E-state index is 12.2. The molecule has 3 heterocycles. The Hall–Kier alpha value is -1.37. The fourth-order valence-electron chi connectivity index (χ4n) is 2.22. The lowest BCUT2D eigenvalue weighted by atomic mass is 10.2. The molecule has 0 bridgehead atoms. The summed E-state index contributed by atoms with van der Waals surface area (Å²) in [5, 5.41) is 3.81. The van der Waals surface area contributed by atoms with Crippen molar-refractivity contribution < 1.29 is 9.59 Å². The summed E-state index contributed by atoms with van der Waals surface area (Å²) in [6.45, 7) is 2.42. The number of thiophene rings is 2. The highest BCUT2D eigenvalue weighted by molar-refractivity contribution is 7.12. The van der Waals surface area contributed by atoms with Crippen molar-refractivity contribution in [2.75, 3.05) is 26.2 Å². The Bertz CT molecular complexity index is 536. The highest BCUT2D eigenvalue weighted by atomic mass is 35.5. The van der Waals surface area contributed by atoms with Crippen LogP contribution in [0.15, 0.2) is 35.0 Å². The van der Waals surface area contributed by atoms with Crippen LogP contribution in [-0.2, 0) is 0 Å². The number of amides is 2. The second-order valence-corrected chi connectivity index (χ2v) is 6.43. The van der Waals surface area contributed by atoms with Gasteiger partial charge in [-0.3, -0.25) is 9.59 Å². The van der Waals surface area contributed by atoms with Crippen LogP contribution in [0.1, 0.15) is 19.3 Å². The van der Waals surface area contributed by atoms with E-state index in [4.69, 9.17) is 0 Å². The third kappa shape index (κ3) is 3.45. The molecule has 0 unspecified atom stereocenters. The normalized spacial score (nSPS) is 14.7. The molecule has 0 aliphatic carbocycles. The Morgan fingerprint density at radius 1 is 0.810 bits per heavy atom. The van der Waals surface area contributed by atoms with Crippen molar-refractivity contribution in [3.05, 3.63) is 44.8 Å². The van der Waals surface area contributed by atoms with Crippen LogP contribution in [0, 0.1) is 0 Å². The number of nitrogens with zero attached hydrogens (tertiary/aromatic N) is 2. The summed E-state index contributed by atoms with van der Waals surface area (Å²) in [6.07, 6.45) is 0. The van der Waals surface area contributed by atoms with E-state index in [1.807, 2.05) is 44.8 Å². The minimum absolute atomic E-state index is 0. The second kappa shape index (κ2) is 7.06. The molecular formula is C14H15ClN2O2S2. The monoisotopic (exact) mass is 342 g/mol. The van der Waals surface area contributed by atoms with Gasteiger partial charge in [0.05, 0.1) is 9.75 Å². The van der Waals surface area contributed by atoms with Crippen LogP contribution in [-0.4, -0.2) is 47.8 Å². The van der Waals surface area contributed by atoms with Crippen molar-refractivity contribution in [3.8, 4) is 0 Å². The molecule has 1 saturated heterocycles. The summed E-state index contributed by atoms with van der Waals surface area (Å²) in [4.78, 5) is 29.6. The van der Waals surface area contributed by atoms with Crippen molar-refractivity contribution in [2.24, 2.45) is 0 Å². The van der Waals surface area contributed by atoms with Gasteiger partial charge in [0.25, 0.3) is 11.8 Å². The molecule has 1 aliphatic heterocycles. The van der Waals surface area contributed by atoms with Crippen LogP contribution in [0.25, 0.3) is 0 Å². The fourth-order valence-corrected chi connectivity index (χ4v) is 3.61. The van der Waals surface area contributed by atoms with Gasteiger partial charge in [0.2, 0.25) is 0 Å². The molecule has 2 amide bonds. The zero-order valence-electron chi connectivity index (χ0n) is 11.2. The van der Waals surface area contributed by atoms with E-state index < -0.39 is 0 Å². The number of hydrogen-bond donors (Lipinski definition) is 0. The van der Waals surface area contributed by atoms with E-state index in [2.05, 4.69) is 0 Å². The molecule has 3 rings (SSSR count). The van der Waals surface area contributed by atoms with Gasteiger partial charge in [-0.1, -0.05) is 12.1 Å². The Labute approximate surface area is 137 Å². The molecule has 0 aromatic carbocycles. The first-order valence-electron chi connectivity index (χ1n) is 6.41. The van der Waals surface area contributed by atoms with Crippen LogP contribution in [0.4, 0.5) is 0 Å². The predicted molar refractivity (Wildman–Crippen MR) is 87.7 cm³/mol. The lowest BCUT2D eigenvalue weighted by molar-refractivity contribution is 0.0541. The van der Waals surface area contributed by atoms with Crippen LogP contribution in [0.5, 0.6) is 0 Å². The van der Waals surface area contributed by atoms with Gasteiger partial charge in [-0.15, -0.1) is 35.1 Å². The molecule has 1 aliphatic rings. The first kappa shape index (κ1) is 16.0. The topological polar surface area (TPSA) is 40.6 Å². The SMILES string of the molecule is Cl.O=C(c1cccs1)N1CCN(C(=O)c2cccs2)CC1. The molecule has 21 heavy (non-hydrogen) atoms. The van der Waals surface area contributed by atoms with Crippen LogP contribution in [0.2, 0.25) is 0 Å². The molecule has 1 fully saturated rings. The van der Waals surface area contributed by atoms with E-state index in [0.29, 0.717) is 26.2 Å². The highest BCUT2D eigenvalue weighted by Crippen LogP contribution is 2.16. The van der Waals surface area contributed by atoms with Crippen molar-refractivity contribution >= 4 is 46.9 Å². The number of halogens is 1. The molecular weight excluding hydrogens is 328 g/mol. The van der Waals surface area contributed by atoms with Gasteiger partial charge in [-0.05, 0) is 22.9 Å². The molecule has 0 N–H and O–H groups in total. The molecule has 0 atom stereocenters. The second-order valence-electron chi connectivity index (χ2n) is 4.54. The maximum Gasteiger partial charge on any atom is 0.264 e. The highest BCUT2D eigenvalue weighted by Gasteiger charge is 2.26. The van der Waals surface area contributed by atoms with E-state index in [0.717, 1.165) is 9.75 Å². The van der Waals surface area contributed by atoms with Crippen molar-refractivity contribution in [3.63, 3.8) is 0 Å². The zero-order valence-corrected chi connectivity index (χ0v) is 13.7. The first-order chi connectivity index (χ1) is 9.75. The van der Waals surface area contributed by atoms with E-state index in [-0.39, 0.29) is 24.2 Å². The minimum Gasteiger partial charge on any atom is -0.334 e. The maximum absolute atomic E-state index is 12.2. The lowest BCUT2D eigenvalue weighted by Gasteiger charge is -2.34. The molecule has 0 saturated carbocycles. The van der Waals surface area contributed by atoms with Crippen LogP contribution < -0.4 is 0 Å². The first-order valence-corrected chi connectivity index (χ1v) is 8.17. The molecule has 0 spiro atoms. The van der Waals surface area contributed by atoms with E-state index in [9.17, 15) is 9.59 Å². The smallest absolute Gasteiger partial charge is 0.264 e. The molecule has 4 nitrogen and oxygen atoms in total. The number of carbonyl (C=O) groups is 2. The van der Waals surface area contributed by atoms with Crippen LogP contribution in [0.3, 0.4) is 0 Å². The molecule has 0 radical (unpaired) electrons. The summed E-state index contributed by atoms with van der Waals surface area (Å²) < 4.78 is 0. The standard InChI is InChI=1S/C14H14N2O2S2.ClH/c17-13(11-3-1-9-19-11)15-5-7-16(8-6-15)14(18)12-4-2-10-20-12;/h1-4,9-10H,5-8H2;1H. The van der Waals surface area contributed by atoms with Gasteiger partial charge in [-0.25, -0.2) is 0 Å². The lowest BCUT2D eigenvalue weighted by Crippen LogP contribution is -2.50. The van der Waals surface area contributed by atoms with Crippen molar-refractivity contribution in [2.45, 2.75) is 0 Å². The van der Waals surface area contributed by atoms with Gasteiger partial charge in [0, 0.05) is 26.2 Å². The predicted octanol–water partition coefficient (Wildman–Crippen LogP) is 2.83. The quantitative estimate of drug-likeness (QED) is 0.842. The Balaban J connectivity index is 0.00000161. The number of carbonyl (C=O) groups excluding carboxylic acids is 2. The molecule has 112 valence electrons. The summed E-state index contributed by atoms with van der Waals surface area (Å²) in [5.41, 5.74) is 0. The number of piperazine rings is 1. The summed E-state index contributed by atoms with van der Waals surface area (Å²) in [7, 11) is 0. The molecule has 2 aromatic heterocycles. The number of hydrogen-bond acceptors (Lipinski definition) is 4. The van der Waals surface area contributed by atoms with E-state index in [1.165, 1.54) is 22.7 Å². The fraction of sp³-hybridized carbons (Fsp3) is 0.286. The average molecular weight is 343 g/mol. The van der Waals surface area contributed by atoms with E-state index >= 15 is 0 Å². The third-order valence-electron chi connectivity index (χ3n) is 3.32. The minimum atomic E-state index is 0. The van der Waals surface area contributed by atoms with Gasteiger partial charge in [0.1, 0.15) is 0 Å². The largest absolute Gasteiger partial charge is 0.334 e. The Morgan fingerprint density at radius 3 is 1.48 bits per heavy atom. The third-order valence-corrected chi connectivity index (χ3v) is 5.03. The summed E-state index contributed by atoms with van der Waals surface area (Å²) >= 11 is 2.92. The molecule has 7 heteroatoms. The van der Waals surface area contributed by atoms with Gasteiger partial charge >= 0.3 is 0 Å². The van der Waals surface area contributed by atoms with Gasteiger partial charge in [-0.2, -0.15) is 0 Å². The van der Waals surface area contributed by atoms with Gasteiger partial charge < -0.3 is 9.80 Å². The Morgan fingerprint density at radius 2 is 1.19 bits per heavy atom. The average Bonchev–Trinajstić information content (AvgIpc) is 3.18. The van der Waals surface area contributed by atoms with Gasteiger partial charge in [0.15, 0.2) is 0 Å². The van der Waals surface area contributed by atoms with Crippen molar-refractivity contribution in [1.29, 1.82) is 0 Å². The van der Waals surface area contributed by atoms with Crippen LogP contribution >= 0.6 is 35.1 Å². The zero-order chi connectivity index (χ0) is 13.9. The summed E-state index contributed by atoms with van der Waals surface area (Å²) in [6, 6.07) is 7.45.